The van der Waals surface area contributed by atoms with Gasteiger partial charge in [0.1, 0.15) is 0 Å². The smallest absolute Gasteiger partial charge is 0.242 e. The lowest BCUT2D eigenvalue weighted by molar-refractivity contribution is 0.521. The zero-order valence-electron chi connectivity index (χ0n) is 8.56. The quantitative estimate of drug-likeness (QED) is 0.838. The molecule has 2 rings (SSSR count). The second-order valence-corrected chi connectivity index (χ2v) is 5.67. The standard InChI is InChI=1S/C10H12N2O2S/c1-12(2)15(13,14)9-3-4-10-8(7-9)5-6-11-10/h3-7,11H,1-2H3. The van der Waals surface area contributed by atoms with Gasteiger partial charge in [-0.05, 0) is 24.3 Å². The average Bonchev–Trinajstić information content (AvgIpc) is 2.63. The van der Waals surface area contributed by atoms with Crippen LogP contribution < -0.4 is 0 Å². The molecule has 0 amide bonds. The molecule has 0 aliphatic carbocycles. The van der Waals surface area contributed by atoms with Crippen molar-refractivity contribution >= 4 is 20.9 Å². The normalized spacial score (nSPS) is 12.5. The molecule has 1 heterocycles. The molecule has 0 bridgehead atoms. The highest BCUT2D eigenvalue weighted by atomic mass is 32.2. The van der Waals surface area contributed by atoms with Gasteiger partial charge in [0.05, 0.1) is 4.90 Å². The molecule has 0 saturated heterocycles. The summed E-state index contributed by atoms with van der Waals surface area (Å²) < 4.78 is 24.8. The summed E-state index contributed by atoms with van der Waals surface area (Å²) in [5.41, 5.74) is 0.938. The lowest BCUT2D eigenvalue weighted by Gasteiger charge is -2.10. The Kier molecular flexibility index (Phi) is 2.28. The van der Waals surface area contributed by atoms with Crippen molar-refractivity contribution in [2.75, 3.05) is 14.1 Å². The lowest BCUT2D eigenvalue weighted by Crippen LogP contribution is -2.22. The van der Waals surface area contributed by atoms with Crippen LogP contribution in [0.15, 0.2) is 35.4 Å². The van der Waals surface area contributed by atoms with E-state index in [1.54, 1.807) is 24.4 Å². The van der Waals surface area contributed by atoms with E-state index in [1.807, 2.05) is 6.07 Å². The molecule has 80 valence electrons. The Morgan fingerprint density at radius 1 is 1.20 bits per heavy atom. The molecule has 2 aromatic rings. The molecule has 0 radical (unpaired) electrons. The van der Waals surface area contributed by atoms with Gasteiger partial charge in [-0.1, -0.05) is 0 Å². The molecular weight excluding hydrogens is 212 g/mol. The number of nitrogens with zero attached hydrogens (tertiary/aromatic N) is 1. The van der Waals surface area contributed by atoms with Crippen molar-refractivity contribution in [2.45, 2.75) is 4.90 Å². The van der Waals surface area contributed by atoms with Crippen LogP contribution in [-0.4, -0.2) is 31.8 Å². The third kappa shape index (κ3) is 1.64. The van der Waals surface area contributed by atoms with Crippen LogP contribution in [0.25, 0.3) is 10.9 Å². The minimum absolute atomic E-state index is 0.319. The Labute approximate surface area is 88.6 Å². The Morgan fingerprint density at radius 2 is 1.93 bits per heavy atom. The third-order valence-electron chi connectivity index (χ3n) is 2.30. The third-order valence-corrected chi connectivity index (χ3v) is 4.11. The van der Waals surface area contributed by atoms with E-state index >= 15 is 0 Å². The van der Waals surface area contributed by atoms with E-state index < -0.39 is 10.0 Å². The summed E-state index contributed by atoms with van der Waals surface area (Å²) in [5, 5.41) is 0.901. The van der Waals surface area contributed by atoms with E-state index in [-0.39, 0.29) is 0 Å². The first-order valence-corrected chi connectivity index (χ1v) is 5.95. The summed E-state index contributed by atoms with van der Waals surface area (Å²) in [6.45, 7) is 0. The van der Waals surface area contributed by atoms with Crippen molar-refractivity contribution in [2.24, 2.45) is 0 Å². The largest absolute Gasteiger partial charge is 0.361 e. The fourth-order valence-corrected chi connectivity index (χ4v) is 2.34. The van der Waals surface area contributed by atoms with Crippen molar-refractivity contribution in [3.05, 3.63) is 30.5 Å². The van der Waals surface area contributed by atoms with E-state index in [4.69, 9.17) is 0 Å². The summed E-state index contributed by atoms with van der Waals surface area (Å²) in [6, 6.07) is 6.89. The number of nitrogens with one attached hydrogen (secondary N) is 1. The number of sulfonamides is 1. The number of fused-ring (bicyclic) bond motifs is 1. The lowest BCUT2D eigenvalue weighted by atomic mass is 10.2. The van der Waals surface area contributed by atoms with Crippen molar-refractivity contribution in [3.63, 3.8) is 0 Å². The topological polar surface area (TPSA) is 53.2 Å². The monoisotopic (exact) mass is 224 g/mol. The van der Waals surface area contributed by atoms with Gasteiger partial charge in [0.15, 0.2) is 0 Å². The fourth-order valence-electron chi connectivity index (χ4n) is 1.40. The van der Waals surface area contributed by atoms with Crippen LogP contribution in [0.3, 0.4) is 0 Å². The van der Waals surface area contributed by atoms with Crippen LogP contribution in [0, 0.1) is 0 Å². The van der Waals surface area contributed by atoms with Crippen LogP contribution >= 0.6 is 0 Å². The zero-order valence-corrected chi connectivity index (χ0v) is 9.38. The van der Waals surface area contributed by atoms with Crippen LogP contribution in [0.1, 0.15) is 0 Å². The summed E-state index contributed by atoms with van der Waals surface area (Å²) in [7, 11) is -0.278. The van der Waals surface area contributed by atoms with Crippen molar-refractivity contribution in [3.8, 4) is 0 Å². The number of aromatic amines is 1. The van der Waals surface area contributed by atoms with Crippen LogP contribution in [0.5, 0.6) is 0 Å². The van der Waals surface area contributed by atoms with E-state index in [2.05, 4.69) is 4.98 Å². The Morgan fingerprint density at radius 3 is 2.60 bits per heavy atom. The van der Waals surface area contributed by atoms with Gasteiger partial charge >= 0.3 is 0 Å². The molecule has 0 aliphatic heterocycles. The molecule has 0 saturated carbocycles. The number of aromatic nitrogens is 1. The molecule has 1 N–H and O–H groups in total. The average molecular weight is 224 g/mol. The first kappa shape index (κ1) is 10.2. The molecule has 1 aromatic carbocycles. The molecule has 15 heavy (non-hydrogen) atoms. The first-order chi connectivity index (χ1) is 7.01. The van der Waals surface area contributed by atoms with Gasteiger partial charge in [0.2, 0.25) is 10.0 Å². The van der Waals surface area contributed by atoms with Gasteiger partial charge in [0, 0.05) is 31.2 Å². The van der Waals surface area contributed by atoms with E-state index in [9.17, 15) is 8.42 Å². The maximum atomic E-state index is 11.8. The maximum Gasteiger partial charge on any atom is 0.242 e. The molecule has 0 spiro atoms. The van der Waals surface area contributed by atoms with Gasteiger partial charge < -0.3 is 4.98 Å². The second kappa shape index (κ2) is 3.36. The number of benzene rings is 1. The molecule has 0 fully saturated rings. The SMILES string of the molecule is CN(C)S(=O)(=O)c1ccc2[nH]ccc2c1. The molecule has 0 unspecified atom stereocenters. The van der Waals surface area contributed by atoms with Gasteiger partial charge in [-0.25, -0.2) is 12.7 Å². The predicted molar refractivity (Wildman–Crippen MR) is 59.2 cm³/mol. The van der Waals surface area contributed by atoms with Gasteiger partial charge in [-0.3, -0.25) is 0 Å². The highest BCUT2D eigenvalue weighted by molar-refractivity contribution is 7.89. The molecular formula is C10H12N2O2S. The second-order valence-electron chi connectivity index (χ2n) is 3.51. The van der Waals surface area contributed by atoms with Crippen molar-refractivity contribution < 1.29 is 8.42 Å². The predicted octanol–water partition coefficient (Wildman–Crippen LogP) is 1.42. The zero-order chi connectivity index (χ0) is 11.1. The minimum Gasteiger partial charge on any atom is -0.361 e. The van der Waals surface area contributed by atoms with Crippen LogP contribution in [0.2, 0.25) is 0 Å². The van der Waals surface area contributed by atoms with Gasteiger partial charge in [-0.2, -0.15) is 0 Å². The highest BCUT2D eigenvalue weighted by Crippen LogP contribution is 2.19. The maximum absolute atomic E-state index is 11.8. The van der Waals surface area contributed by atoms with Gasteiger partial charge in [-0.15, -0.1) is 0 Å². The number of H-pyrrole nitrogens is 1. The molecule has 5 heteroatoms. The summed E-state index contributed by atoms with van der Waals surface area (Å²) in [6.07, 6.45) is 1.79. The van der Waals surface area contributed by atoms with Gasteiger partial charge in [0.25, 0.3) is 0 Å². The van der Waals surface area contributed by atoms with Crippen molar-refractivity contribution in [1.82, 2.24) is 9.29 Å². The number of hydrogen-bond donors (Lipinski definition) is 1. The van der Waals surface area contributed by atoms with E-state index in [0.717, 1.165) is 10.9 Å². The fraction of sp³-hybridized carbons (Fsp3) is 0.200. The molecule has 4 nitrogen and oxygen atoms in total. The Balaban J connectivity index is 2.63. The number of rotatable bonds is 2. The first-order valence-electron chi connectivity index (χ1n) is 4.51. The Hall–Kier alpha value is -1.33. The molecule has 0 atom stereocenters. The molecule has 1 aromatic heterocycles. The van der Waals surface area contributed by atoms with Crippen LogP contribution in [-0.2, 0) is 10.0 Å². The minimum atomic E-state index is -3.33. The van der Waals surface area contributed by atoms with Crippen LogP contribution in [0.4, 0.5) is 0 Å². The van der Waals surface area contributed by atoms with Crippen molar-refractivity contribution in [1.29, 1.82) is 0 Å². The summed E-state index contributed by atoms with van der Waals surface area (Å²) >= 11 is 0. The summed E-state index contributed by atoms with van der Waals surface area (Å²) in [4.78, 5) is 3.34. The summed E-state index contributed by atoms with van der Waals surface area (Å²) in [5.74, 6) is 0. The molecule has 0 aliphatic rings. The highest BCUT2D eigenvalue weighted by Gasteiger charge is 2.17. The van der Waals surface area contributed by atoms with E-state index in [0.29, 0.717) is 4.90 Å². The Bertz CT molecular complexity index is 584. The van der Waals surface area contributed by atoms with E-state index in [1.165, 1.54) is 18.4 Å². The number of hydrogen-bond acceptors (Lipinski definition) is 2.